The highest BCUT2D eigenvalue weighted by Crippen LogP contribution is 2.14. The van der Waals surface area contributed by atoms with Crippen LogP contribution in [0, 0.1) is 24.7 Å². The molecule has 0 saturated heterocycles. The standard InChI is InChI=1S/2C10H14N4.C9H17N3.C8H15N3.C8H13N.C6H12N4.C5H10N4.3C4H10/c1-7(2)12-6-10-13-8-3-4-11-5-9(8)14-10;1-8(2)12-6-9-7-14-5-3-4-11-10(14)13-9;1-9(2,3)10-5-4-8-6-11-12-7-8;1-7(2)9-5-3-8-4-6-10-11-8;1-3-4-8-6-9-5-7(8)2;1-5-6(3-2-4-7)9-10-8-5;6-3-1-2-5-4-7-9-8-5;3*1-4(2)3/h3-5,7,12H,6H2,1-2H3,(H,13,14);3-5,7-8,12H,6H2,1-2H3;6-7,10H,4-5H2,1-3H3,(H,11,12);4,6-7,9H,3,5H2,1-2H3,(H,10,11);6H,3-5H2,1-2H3;2-4,7H2,1H3,(H,8,9,10);4H,1-3,6H2,(H,7,8,9);3*4H,1-3H3. The third-order valence-electron chi connectivity index (χ3n) is 11.3. The summed E-state index contributed by atoms with van der Waals surface area (Å²) in [6.45, 7) is 51.0. The SMILES string of the molecule is CC(C)(C)NCCc1cn[nH]c1.CC(C)C.CC(C)C.CC(C)C.CC(C)NCCc1ccn[nH]1.CC(C)NCc1cn2cccnc2n1.CC(C)NCc1nc2ccncc2[nH]1.CCCC1=C(C)CN=C1.Cc1n[nH]nc1CCCN.NCCCc1cn[nH]n1. The van der Waals surface area contributed by atoms with Gasteiger partial charge in [0.2, 0.25) is 5.78 Å². The summed E-state index contributed by atoms with van der Waals surface area (Å²) in [6.07, 6.45) is 26.9. The number of aryl methyl sites for hydroxylation is 3. The predicted octanol–water partition coefficient (Wildman–Crippen LogP) is 11.8. The zero-order valence-electron chi connectivity index (χ0n) is 60.1. The topological polar surface area (TPSA) is 325 Å². The number of hydrogen-bond acceptors (Lipinski definition) is 17. The molecule has 8 aromatic rings. The molecule has 0 saturated carbocycles. The molecule has 512 valence electrons. The van der Waals surface area contributed by atoms with Crippen molar-refractivity contribution < 1.29 is 0 Å². The highest BCUT2D eigenvalue weighted by atomic mass is 15.3. The van der Waals surface area contributed by atoms with Gasteiger partial charge in [-0.2, -0.15) is 41.0 Å². The smallest absolute Gasteiger partial charge is 0.233 e. The van der Waals surface area contributed by atoms with Crippen LogP contribution in [0.2, 0.25) is 0 Å². The maximum absolute atomic E-state index is 5.34. The van der Waals surface area contributed by atoms with Crippen LogP contribution >= 0.6 is 0 Å². The van der Waals surface area contributed by atoms with Crippen LogP contribution < -0.4 is 32.7 Å². The number of fused-ring (bicyclic) bond motifs is 2. The van der Waals surface area contributed by atoms with Gasteiger partial charge in [-0.15, -0.1) is 0 Å². The quantitative estimate of drug-likeness (QED) is 0.0318. The summed E-state index contributed by atoms with van der Waals surface area (Å²) >= 11 is 0. The van der Waals surface area contributed by atoms with E-state index < -0.39 is 0 Å². The van der Waals surface area contributed by atoms with E-state index in [-0.39, 0.29) is 5.54 Å². The highest BCUT2D eigenvalue weighted by Gasteiger charge is 2.08. The predicted molar refractivity (Wildman–Crippen MR) is 381 cm³/mol. The van der Waals surface area contributed by atoms with Gasteiger partial charge in [-0.05, 0) is 145 Å². The van der Waals surface area contributed by atoms with Gasteiger partial charge in [0.25, 0.3) is 0 Å². The van der Waals surface area contributed by atoms with Gasteiger partial charge in [-0.25, -0.2) is 15.0 Å². The fourth-order valence-corrected chi connectivity index (χ4v) is 6.98. The van der Waals surface area contributed by atoms with Crippen molar-refractivity contribution in [3.63, 3.8) is 0 Å². The van der Waals surface area contributed by atoms with E-state index >= 15 is 0 Å². The molecular formula is C68H125N23. The molecule has 23 heteroatoms. The molecule has 1 aliphatic rings. The van der Waals surface area contributed by atoms with Gasteiger partial charge >= 0.3 is 0 Å². The molecule has 1 aliphatic heterocycles. The van der Waals surface area contributed by atoms with Crippen LogP contribution in [0.3, 0.4) is 0 Å². The molecule has 9 heterocycles. The minimum Gasteiger partial charge on any atom is -0.340 e. The van der Waals surface area contributed by atoms with Crippen molar-refractivity contribution in [2.45, 2.75) is 234 Å². The average Bonchev–Trinajstić information content (AvgIpc) is 2.34. The van der Waals surface area contributed by atoms with Crippen LogP contribution in [0.4, 0.5) is 0 Å². The van der Waals surface area contributed by atoms with E-state index in [9.17, 15) is 0 Å². The lowest BCUT2D eigenvalue weighted by Gasteiger charge is -2.19. The van der Waals surface area contributed by atoms with Gasteiger partial charge in [0.05, 0.1) is 65.5 Å². The Kier molecular flexibility index (Phi) is 47.8. The van der Waals surface area contributed by atoms with Crippen LogP contribution in [0.15, 0.2) is 90.1 Å². The second kappa shape index (κ2) is 51.7. The number of aromatic amines is 5. The van der Waals surface area contributed by atoms with Crippen LogP contribution in [0.1, 0.15) is 204 Å². The largest absolute Gasteiger partial charge is 0.340 e. The van der Waals surface area contributed by atoms with E-state index in [1.165, 1.54) is 35.2 Å². The van der Waals surface area contributed by atoms with E-state index in [2.05, 4.69) is 241 Å². The lowest BCUT2D eigenvalue weighted by atomic mass is 10.1. The van der Waals surface area contributed by atoms with Crippen LogP contribution in [0.25, 0.3) is 16.8 Å². The number of aromatic nitrogens is 16. The fourth-order valence-electron chi connectivity index (χ4n) is 6.98. The van der Waals surface area contributed by atoms with Crippen molar-refractivity contribution >= 4 is 23.0 Å². The highest BCUT2D eigenvalue weighted by molar-refractivity contribution is 5.82. The van der Waals surface area contributed by atoms with Crippen molar-refractivity contribution in [3.8, 4) is 0 Å². The molecule has 0 radical (unpaired) electrons. The van der Waals surface area contributed by atoms with Gasteiger partial charge in [0, 0.05) is 92.3 Å². The second-order valence-electron chi connectivity index (χ2n) is 26.0. The number of hydrogen-bond donors (Lipinski definition) is 11. The Morgan fingerprint density at radius 1 is 0.648 bits per heavy atom. The summed E-state index contributed by atoms with van der Waals surface area (Å²) in [5.74, 6) is 4.22. The van der Waals surface area contributed by atoms with E-state index in [4.69, 9.17) is 11.5 Å². The van der Waals surface area contributed by atoms with Gasteiger partial charge in [0.15, 0.2) is 0 Å². The number of rotatable bonds is 21. The molecule has 8 aromatic heterocycles. The fraction of sp³-hybridized carbons (Fsp3) is 0.632. The zero-order valence-corrected chi connectivity index (χ0v) is 60.1. The Balaban J connectivity index is 0.00000101. The Hall–Kier alpha value is -6.89. The molecule has 0 fully saturated rings. The van der Waals surface area contributed by atoms with Gasteiger partial charge in [-0.3, -0.25) is 24.6 Å². The third-order valence-corrected chi connectivity index (χ3v) is 11.3. The van der Waals surface area contributed by atoms with Gasteiger partial charge in [-0.1, -0.05) is 117 Å². The normalized spacial score (nSPS) is 11.4. The molecule has 0 aromatic carbocycles. The first-order valence-corrected chi connectivity index (χ1v) is 33.0. The van der Waals surface area contributed by atoms with Gasteiger partial charge < -0.3 is 37.7 Å². The molecule has 13 N–H and O–H groups in total. The van der Waals surface area contributed by atoms with Gasteiger partial charge in [0.1, 0.15) is 5.82 Å². The van der Waals surface area contributed by atoms with Crippen molar-refractivity contribution in [1.82, 2.24) is 102 Å². The first kappa shape index (κ1) is 84.1. The van der Waals surface area contributed by atoms with Crippen molar-refractivity contribution in [3.05, 3.63) is 125 Å². The number of nitrogens with one attached hydrogen (secondary N) is 9. The number of pyridine rings is 1. The van der Waals surface area contributed by atoms with Crippen molar-refractivity contribution in [1.29, 1.82) is 0 Å². The molecule has 9 rings (SSSR count). The Morgan fingerprint density at radius 2 is 1.31 bits per heavy atom. The van der Waals surface area contributed by atoms with Crippen molar-refractivity contribution in [2.24, 2.45) is 34.2 Å². The van der Waals surface area contributed by atoms with Crippen LogP contribution in [0.5, 0.6) is 0 Å². The van der Waals surface area contributed by atoms with E-state index in [1.54, 1.807) is 31.0 Å². The number of nitrogens with zero attached hydrogens (tertiary/aromatic N) is 12. The molecule has 0 spiro atoms. The Bertz CT molecular complexity index is 2750. The molecule has 0 amide bonds. The number of H-pyrrole nitrogens is 5. The lowest BCUT2D eigenvalue weighted by molar-refractivity contribution is 0.429. The Morgan fingerprint density at radius 3 is 1.81 bits per heavy atom. The Labute approximate surface area is 547 Å². The van der Waals surface area contributed by atoms with E-state index in [1.807, 2.05) is 60.5 Å². The molecule has 0 bridgehead atoms. The van der Waals surface area contributed by atoms with Crippen molar-refractivity contribution in [2.75, 3.05) is 32.7 Å². The van der Waals surface area contributed by atoms with E-state index in [0.29, 0.717) is 31.2 Å². The lowest BCUT2D eigenvalue weighted by Crippen LogP contribution is -2.37. The molecule has 0 atom stereocenters. The second-order valence-corrected chi connectivity index (χ2v) is 26.0. The average molecular weight is 1260 g/mol. The van der Waals surface area contributed by atoms with Crippen LogP contribution in [-0.2, 0) is 38.8 Å². The maximum atomic E-state index is 5.34. The first-order valence-electron chi connectivity index (χ1n) is 33.0. The summed E-state index contributed by atoms with van der Waals surface area (Å²) in [6, 6.07) is 7.33. The molecule has 0 aliphatic carbocycles. The van der Waals surface area contributed by atoms with Crippen LogP contribution in [-0.4, -0.2) is 143 Å². The zero-order chi connectivity index (χ0) is 68.4. The third kappa shape index (κ3) is 48.6. The summed E-state index contributed by atoms with van der Waals surface area (Å²) in [5, 5.41) is 47.3. The van der Waals surface area contributed by atoms with E-state index in [0.717, 1.165) is 134 Å². The molecule has 23 nitrogen and oxygen atoms in total. The summed E-state index contributed by atoms with van der Waals surface area (Å²) in [7, 11) is 0. The maximum Gasteiger partial charge on any atom is 0.233 e. The first-order chi connectivity index (χ1) is 43.2. The molecular weight excluding hydrogens is 1140 g/mol. The minimum atomic E-state index is 0.212. The number of imidazole rings is 2. The summed E-state index contributed by atoms with van der Waals surface area (Å²) in [5.41, 5.74) is 22.2. The molecule has 91 heavy (non-hydrogen) atoms. The summed E-state index contributed by atoms with van der Waals surface area (Å²) in [4.78, 5) is 24.4. The number of allylic oxidation sites excluding steroid dienone is 1. The molecule has 0 unspecified atom stereocenters. The number of aliphatic imine (C=N–C) groups is 1. The minimum absolute atomic E-state index is 0.212. The summed E-state index contributed by atoms with van der Waals surface area (Å²) < 4.78 is 1.93. The number of nitrogens with two attached hydrogens (primary N) is 2. The monoisotopic (exact) mass is 1260 g/mol.